The fraction of sp³-hybridized carbons (Fsp3) is 0.769. The molecule has 0 spiro atoms. The van der Waals surface area contributed by atoms with Gasteiger partial charge in [0.15, 0.2) is 0 Å². The van der Waals surface area contributed by atoms with E-state index in [4.69, 9.17) is 9.47 Å². The van der Waals surface area contributed by atoms with E-state index in [0.717, 1.165) is 26.4 Å². The molecule has 0 aliphatic rings. The molecule has 0 unspecified atom stereocenters. The first-order valence-electron chi connectivity index (χ1n) is 12.1. The highest BCUT2D eigenvalue weighted by molar-refractivity contribution is 5.13. The molecular formula is C26H46O2. The quantitative estimate of drug-likeness (QED) is 0.197. The summed E-state index contributed by atoms with van der Waals surface area (Å²) in [5.41, 5.74) is 1.27. The van der Waals surface area contributed by atoms with Gasteiger partial charge in [-0.2, -0.15) is 0 Å². The summed E-state index contributed by atoms with van der Waals surface area (Å²) in [5, 5.41) is 0. The minimum Gasteiger partial charge on any atom is -0.381 e. The number of unbranched alkanes of at least 4 members (excludes halogenated alkanes) is 13. The van der Waals surface area contributed by atoms with Crippen LogP contribution >= 0.6 is 0 Å². The van der Waals surface area contributed by atoms with Gasteiger partial charge < -0.3 is 9.47 Å². The van der Waals surface area contributed by atoms with Gasteiger partial charge in [0.2, 0.25) is 0 Å². The second kappa shape index (κ2) is 20.9. The van der Waals surface area contributed by atoms with E-state index in [1.807, 2.05) is 6.07 Å². The molecule has 0 aromatic heterocycles. The van der Waals surface area contributed by atoms with Crippen molar-refractivity contribution in [3.05, 3.63) is 35.9 Å². The molecule has 0 aliphatic heterocycles. The molecular weight excluding hydrogens is 344 g/mol. The average Bonchev–Trinajstić information content (AvgIpc) is 2.73. The predicted molar refractivity (Wildman–Crippen MR) is 122 cm³/mol. The van der Waals surface area contributed by atoms with Crippen LogP contribution in [0.5, 0.6) is 0 Å². The summed E-state index contributed by atoms with van der Waals surface area (Å²) in [5.74, 6) is 0. The Bertz CT molecular complexity index is 404. The molecule has 0 atom stereocenters. The maximum atomic E-state index is 5.78. The summed E-state index contributed by atoms with van der Waals surface area (Å²) in [4.78, 5) is 0. The molecule has 1 aromatic carbocycles. The smallest absolute Gasteiger partial charge is 0.0716 e. The normalized spacial score (nSPS) is 11.2. The zero-order chi connectivity index (χ0) is 20.0. The molecule has 0 radical (unpaired) electrons. The second-order valence-corrected chi connectivity index (χ2v) is 8.10. The molecule has 1 aromatic rings. The van der Waals surface area contributed by atoms with Gasteiger partial charge in [-0.05, 0) is 24.8 Å². The van der Waals surface area contributed by atoms with E-state index >= 15 is 0 Å². The Morgan fingerprint density at radius 2 is 0.929 bits per heavy atom. The standard InChI is InChI=1S/C26H46O2/c1-2-3-4-5-6-7-8-11-17-22-27-23-18-12-9-10-13-19-24-28-25-26-20-15-14-16-21-26/h14-16,20-21H,2-13,17-19,22-25H2,1H3. The maximum absolute atomic E-state index is 5.78. The Morgan fingerprint density at radius 3 is 1.43 bits per heavy atom. The van der Waals surface area contributed by atoms with E-state index in [1.54, 1.807) is 0 Å². The first-order valence-corrected chi connectivity index (χ1v) is 12.1. The Hall–Kier alpha value is -0.860. The summed E-state index contributed by atoms with van der Waals surface area (Å²) in [6.45, 7) is 5.84. The lowest BCUT2D eigenvalue weighted by Crippen LogP contribution is -1.97. The minimum absolute atomic E-state index is 0.747. The van der Waals surface area contributed by atoms with Crippen LogP contribution in [-0.4, -0.2) is 19.8 Å². The van der Waals surface area contributed by atoms with Crippen molar-refractivity contribution in [3.63, 3.8) is 0 Å². The van der Waals surface area contributed by atoms with E-state index in [1.165, 1.54) is 102 Å². The van der Waals surface area contributed by atoms with Crippen LogP contribution < -0.4 is 0 Å². The largest absolute Gasteiger partial charge is 0.381 e. The number of rotatable bonds is 21. The van der Waals surface area contributed by atoms with E-state index in [9.17, 15) is 0 Å². The Balaban J connectivity index is 1.67. The molecule has 0 aliphatic carbocycles. The molecule has 0 N–H and O–H groups in total. The molecule has 0 heterocycles. The van der Waals surface area contributed by atoms with Crippen molar-refractivity contribution in [2.24, 2.45) is 0 Å². The van der Waals surface area contributed by atoms with Crippen LogP contribution in [0.2, 0.25) is 0 Å². The Morgan fingerprint density at radius 1 is 0.500 bits per heavy atom. The summed E-state index contributed by atoms with van der Waals surface area (Å²) < 4.78 is 11.5. The lowest BCUT2D eigenvalue weighted by atomic mass is 10.1. The summed E-state index contributed by atoms with van der Waals surface area (Å²) >= 11 is 0. The van der Waals surface area contributed by atoms with Crippen molar-refractivity contribution in [3.8, 4) is 0 Å². The lowest BCUT2D eigenvalue weighted by Gasteiger charge is -2.06. The monoisotopic (exact) mass is 390 g/mol. The van der Waals surface area contributed by atoms with Crippen molar-refractivity contribution in [2.75, 3.05) is 19.8 Å². The molecule has 0 saturated carbocycles. The first kappa shape index (κ1) is 25.2. The highest BCUT2D eigenvalue weighted by Crippen LogP contribution is 2.10. The van der Waals surface area contributed by atoms with Gasteiger partial charge in [-0.1, -0.05) is 114 Å². The highest BCUT2D eigenvalue weighted by atomic mass is 16.5. The van der Waals surface area contributed by atoms with Gasteiger partial charge in [-0.15, -0.1) is 0 Å². The van der Waals surface area contributed by atoms with Gasteiger partial charge in [0.25, 0.3) is 0 Å². The summed E-state index contributed by atoms with van der Waals surface area (Å²) in [7, 11) is 0. The molecule has 28 heavy (non-hydrogen) atoms. The third-order valence-corrected chi connectivity index (χ3v) is 5.33. The minimum atomic E-state index is 0.747. The third-order valence-electron chi connectivity index (χ3n) is 5.33. The molecule has 162 valence electrons. The molecule has 2 nitrogen and oxygen atoms in total. The van der Waals surface area contributed by atoms with Crippen LogP contribution in [0, 0.1) is 0 Å². The lowest BCUT2D eigenvalue weighted by molar-refractivity contribution is 0.116. The van der Waals surface area contributed by atoms with Gasteiger partial charge in [-0.25, -0.2) is 0 Å². The molecule has 2 heteroatoms. The van der Waals surface area contributed by atoms with Crippen LogP contribution in [0.25, 0.3) is 0 Å². The van der Waals surface area contributed by atoms with Gasteiger partial charge in [-0.3, -0.25) is 0 Å². The fourth-order valence-electron chi connectivity index (χ4n) is 3.50. The average molecular weight is 391 g/mol. The number of hydrogen-bond acceptors (Lipinski definition) is 2. The van der Waals surface area contributed by atoms with Gasteiger partial charge in [0, 0.05) is 19.8 Å². The van der Waals surface area contributed by atoms with E-state index in [2.05, 4.69) is 31.2 Å². The van der Waals surface area contributed by atoms with E-state index in [-0.39, 0.29) is 0 Å². The van der Waals surface area contributed by atoms with Gasteiger partial charge in [0.1, 0.15) is 0 Å². The maximum Gasteiger partial charge on any atom is 0.0716 e. The van der Waals surface area contributed by atoms with Crippen molar-refractivity contribution < 1.29 is 9.47 Å². The van der Waals surface area contributed by atoms with Crippen LogP contribution in [-0.2, 0) is 16.1 Å². The zero-order valence-corrected chi connectivity index (χ0v) is 18.6. The summed E-state index contributed by atoms with van der Waals surface area (Å²) in [6.07, 6.45) is 20.1. The van der Waals surface area contributed by atoms with Crippen LogP contribution in [0.3, 0.4) is 0 Å². The van der Waals surface area contributed by atoms with Gasteiger partial charge in [0.05, 0.1) is 6.61 Å². The Labute approximate surface area is 175 Å². The molecule has 0 bridgehead atoms. The Kier molecular flexibility index (Phi) is 18.8. The first-order chi connectivity index (χ1) is 13.9. The van der Waals surface area contributed by atoms with Crippen molar-refractivity contribution in [1.29, 1.82) is 0 Å². The van der Waals surface area contributed by atoms with Crippen molar-refractivity contribution in [2.45, 2.75) is 110 Å². The van der Waals surface area contributed by atoms with Gasteiger partial charge >= 0.3 is 0 Å². The third kappa shape index (κ3) is 17.3. The fourth-order valence-corrected chi connectivity index (χ4v) is 3.50. The van der Waals surface area contributed by atoms with Crippen molar-refractivity contribution >= 4 is 0 Å². The molecule has 1 rings (SSSR count). The number of benzene rings is 1. The van der Waals surface area contributed by atoms with E-state index in [0.29, 0.717) is 0 Å². The van der Waals surface area contributed by atoms with Crippen LogP contribution in [0.1, 0.15) is 109 Å². The SMILES string of the molecule is CCCCCCCCCCCOCCCCCCCCOCc1ccccc1. The molecule has 0 fully saturated rings. The predicted octanol–water partition coefficient (Wildman–Crippen LogP) is 8.09. The molecule has 0 amide bonds. The zero-order valence-electron chi connectivity index (χ0n) is 18.6. The van der Waals surface area contributed by atoms with Crippen LogP contribution in [0.15, 0.2) is 30.3 Å². The number of hydrogen-bond donors (Lipinski definition) is 0. The van der Waals surface area contributed by atoms with Crippen molar-refractivity contribution in [1.82, 2.24) is 0 Å². The molecule has 0 saturated heterocycles. The number of ether oxygens (including phenoxy) is 2. The topological polar surface area (TPSA) is 18.5 Å². The van der Waals surface area contributed by atoms with E-state index < -0.39 is 0 Å². The summed E-state index contributed by atoms with van der Waals surface area (Å²) in [6, 6.07) is 10.4. The second-order valence-electron chi connectivity index (χ2n) is 8.10. The highest BCUT2D eigenvalue weighted by Gasteiger charge is 1.96. The van der Waals surface area contributed by atoms with Crippen LogP contribution in [0.4, 0.5) is 0 Å².